The minimum atomic E-state index is -0.539. The fourth-order valence-corrected chi connectivity index (χ4v) is 2.28. The molecule has 1 aromatic heterocycles. The van der Waals surface area contributed by atoms with Crippen molar-refractivity contribution in [3.05, 3.63) is 60.2 Å². The lowest BCUT2D eigenvalue weighted by molar-refractivity contribution is 0.472. The summed E-state index contributed by atoms with van der Waals surface area (Å²) >= 11 is 0. The number of phenolic OH excluding ortho intramolecular Hbond substituents is 1. The summed E-state index contributed by atoms with van der Waals surface area (Å²) in [5.41, 5.74) is 0.591. The highest BCUT2D eigenvalue weighted by atomic mass is 19.1. The van der Waals surface area contributed by atoms with Gasteiger partial charge >= 0.3 is 0 Å². The first-order valence-electron chi connectivity index (χ1n) is 5.97. The van der Waals surface area contributed by atoms with E-state index in [2.05, 4.69) is 4.98 Å². The van der Waals surface area contributed by atoms with E-state index < -0.39 is 5.82 Å². The SMILES string of the molecule is N#Cc1c(O)c(-c2ccncc2)c(F)c2ccccc12. The van der Waals surface area contributed by atoms with Crippen LogP contribution in [-0.2, 0) is 0 Å². The smallest absolute Gasteiger partial charge is 0.144 e. The Morgan fingerprint density at radius 1 is 1.05 bits per heavy atom. The van der Waals surface area contributed by atoms with E-state index in [4.69, 9.17) is 0 Å². The van der Waals surface area contributed by atoms with Crippen LogP contribution in [0.3, 0.4) is 0 Å². The number of pyridine rings is 1. The standard InChI is InChI=1S/C16H9FN2O/c17-15-12-4-2-1-3-11(12)13(9-18)16(20)14(15)10-5-7-19-8-6-10/h1-8,20H. The van der Waals surface area contributed by atoms with E-state index in [-0.39, 0.29) is 16.9 Å². The molecule has 0 radical (unpaired) electrons. The van der Waals surface area contributed by atoms with Crippen molar-refractivity contribution in [3.63, 3.8) is 0 Å². The summed E-state index contributed by atoms with van der Waals surface area (Å²) in [6.45, 7) is 0. The maximum Gasteiger partial charge on any atom is 0.144 e. The first-order chi connectivity index (χ1) is 9.74. The molecular weight excluding hydrogens is 255 g/mol. The van der Waals surface area contributed by atoms with Crippen LogP contribution < -0.4 is 0 Å². The lowest BCUT2D eigenvalue weighted by Gasteiger charge is -2.11. The maximum absolute atomic E-state index is 14.6. The third-order valence-electron chi connectivity index (χ3n) is 3.21. The van der Waals surface area contributed by atoms with Gasteiger partial charge in [-0.3, -0.25) is 4.98 Å². The molecule has 0 fully saturated rings. The molecule has 0 amide bonds. The molecule has 20 heavy (non-hydrogen) atoms. The fraction of sp³-hybridized carbons (Fsp3) is 0. The van der Waals surface area contributed by atoms with Gasteiger partial charge in [-0.15, -0.1) is 0 Å². The summed E-state index contributed by atoms with van der Waals surface area (Å²) in [6, 6.07) is 11.7. The van der Waals surface area contributed by atoms with Gasteiger partial charge in [0.25, 0.3) is 0 Å². The molecule has 0 bridgehead atoms. The quantitative estimate of drug-likeness (QED) is 0.730. The Kier molecular flexibility index (Phi) is 2.81. The van der Waals surface area contributed by atoms with Crippen LogP contribution in [0.25, 0.3) is 21.9 Å². The summed E-state index contributed by atoms with van der Waals surface area (Å²) in [4.78, 5) is 3.87. The second kappa shape index (κ2) is 4.63. The van der Waals surface area contributed by atoms with Crippen molar-refractivity contribution in [2.45, 2.75) is 0 Å². The highest BCUT2D eigenvalue weighted by molar-refractivity contribution is 5.96. The molecule has 0 aliphatic carbocycles. The highest BCUT2D eigenvalue weighted by Gasteiger charge is 2.20. The molecule has 1 heterocycles. The number of phenols is 1. The summed E-state index contributed by atoms with van der Waals surface area (Å²) < 4.78 is 14.6. The zero-order valence-corrected chi connectivity index (χ0v) is 10.3. The van der Waals surface area contributed by atoms with Crippen LogP contribution in [0.5, 0.6) is 5.75 Å². The fourth-order valence-electron chi connectivity index (χ4n) is 2.28. The van der Waals surface area contributed by atoms with Crippen LogP contribution in [0.4, 0.5) is 4.39 Å². The summed E-state index contributed by atoms with van der Waals surface area (Å²) in [5.74, 6) is -0.877. The molecule has 4 heteroatoms. The molecule has 2 aromatic carbocycles. The van der Waals surface area contributed by atoms with Gasteiger partial charge in [0.05, 0.1) is 5.56 Å². The lowest BCUT2D eigenvalue weighted by atomic mass is 9.95. The number of halogens is 1. The number of hydrogen-bond donors (Lipinski definition) is 1. The molecule has 3 nitrogen and oxygen atoms in total. The average Bonchev–Trinajstić information content (AvgIpc) is 2.49. The molecule has 96 valence electrons. The van der Waals surface area contributed by atoms with Crippen LogP contribution >= 0.6 is 0 Å². The molecule has 3 rings (SSSR count). The van der Waals surface area contributed by atoms with Gasteiger partial charge in [0.1, 0.15) is 23.2 Å². The normalized spacial score (nSPS) is 10.4. The minimum absolute atomic E-state index is 0.0302. The van der Waals surface area contributed by atoms with Gasteiger partial charge < -0.3 is 5.11 Å². The van der Waals surface area contributed by atoms with Gasteiger partial charge in [-0.1, -0.05) is 24.3 Å². The number of nitriles is 1. The van der Waals surface area contributed by atoms with Crippen LogP contribution in [0.1, 0.15) is 5.56 Å². The van der Waals surface area contributed by atoms with Gasteiger partial charge in [-0.2, -0.15) is 5.26 Å². The summed E-state index contributed by atoms with van der Waals surface area (Å²) in [6.07, 6.45) is 3.02. The number of fused-ring (bicyclic) bond motifs is 1. The predicted octanol–water partition coefficient (Wildman–Crippen LogP) is 3.62. The van der Waals surface area contributed by atoms with E-state index in [0.29, 0.717) is 16.3 Å². The molecule has 0 atom stereocenters. The van der Waals surface area contributed by atoms with Gasteiger partial charge in [-0.05, 0) is 17.7 Å². The Morgan fingerprint density at radius 3 is 2.35 bits per heavy atom. The molecule has 3 aromatic rings. The Hall–Kier alpha value is -2.93. The van der Waals surface area contributed by atoms with E-state index in [1.165, 1.54) is 12.4 Å². The molecule has 0 saturated heterocycles. The summed E-state index contributed by atoms with van der Waals surface area (Å²) in [7, 11) is 0. The van der Waals surface area contributed by atoms with E-state index in [9.17, 15) is 14.8 Å². The number of rotatable bonds is 1. The third kappa shape index (κ3) is 1.69. The average molecular weight is 264 g/mol. The van der Waals surface area contributed by atoms with Crippen molar-refractivity contribution in [1.82, 2.24) is 4.98 Å². The first-order valence-corrected chi connectivity index (χ1v) is 5.97. The van der Waals surface area contributed by atoms with E-state index in [1.807, 2.05) is 6.07 Å². The minimum Gasteiger partial charge on any atom is -0.506 e. The van der Waals surface area contributed by atoms with Gasteiger partial charge in [0, 0.05) is 23.2 Å². The topological polar surface area (TPSA) is 56.9 Å². The molecule has 0 saturated carbocycles. The van der Waals surface area contributed by atoms with Crippen molar-refractivity contribution >= 4 is 10.8 Å². The van der Waals surface area contributed by atoms with Gasteiger partial charge in [-0.25, -0.2) is 4.39 Å². The molecule has 0 unspecified atom stereocenters. The van der Waals surface area contributed by atoms with Crippen LogP contribution in [-0.4, -0.2) is 10.1 Å². The monoisotopic (exact) mass is 264 g/mol. The largest absolute Gasteiger partial charge is 0.506 e. The number of hydrogen-bond acceptors (Lipinski definition) is 3. The van der Waals surface area contributed by atoms with Crippen LogP contribution in [0.15, 0.2) is 48.8 Å². The maximum atomic E-state index is 14.6. The molecule has 1 N–H and O–H groups in total. The Balaban J connectivity index is 2.48. The van der Waals surface area contributed by atoms with E-state index >= 15 is 0 Å². The zero-order valence-electron chi connectivity index (χ0n) is 10.3. The number of aromatic hydroxyl groups is 1. The van der Waals surface area contributed by atoms with Crippen molar-refractivity contribution in [2.24, 2.45) is 0 Å². The second-order valence-corrected chi connectivity index (χ2v) is 4.31. The Morgan fingerprint density at radius 2 is 1.70 bits per heavy atom. The van der Waals surface area contributed by atoms with Crippen LogP contribution in [0, 0.1) is 17.1 Å². The molecule has 0 aliphatic heterocycles. The van der Waals surface area contributed by atoms with Crippen molar-refractivity contribution in [2.75, 3.05) is 0 Å². The number of aromatic nitrogens is 1. The molecule has 0 spiro atoms. The molecule has 0 aliphatic rings. The van der Waals surface area contributed by atoms with E-state index in [1.54, 1.807) is 36.4 Å². The lowest BCUT2D eigenvalue weighted by Crippen LogP contribution is -1.93. The molecular formula is C16H9FN2O. The van der Waals surface area contributed by atoms with Crippen molar-refractivity contribution in [3.8, 4) is 22.9 Å². The van der Waals surface area contributed by atoms with Crippen molar-refractivity contribution in [1.29, 1.82) is 5.26 Å². The van der Waals surface area contributed by atoms with Gasteiger partial charge in [0.2, 0.25) is 0 Å². The Bertz CT molecular complexity index is 838. The number of benzene rings is 2. The van der Waals surface area contributed by atoms with Gasteiger partial charge in [0.15, 0.2) is 0 Å². The number of nitrogens with zero attached hydrogens (tertiary/aromatic N) is 2. The summed E-state index contributed by atoms with van der Waals surface area (Å²) in [5, 5.41) is 20.2. The predicted molar refractivity (Wildman–Crippen MR) is 73.5 cm³/mol. The Labute approximate surface area is 114 Å². The van der Waals surface area contributed by atoms with Crippen molar-refractivity contribution < 1.29 is 9.50 Å². The second-order valence-electron chi connectivity index (χ2n) is 4.31. The third-order valence-corrected chi connectivity index (χ3v) is 3.21. The van der Waals surface area contributed by atoms with Crippen LogP contribution in [0.2, 0.25) is 0 Å². The van der Waals surface area contributed by atoms with E-state index in [0.717, 1.165) is 0 Å². The zero-order chi connectivity index (χ0) is 14.1. The highest BCUT2D eigenvalue weighted by Crippen LogP contribution is 2.39. The first kappa shape index (κ1) is 12.1.